The molecule has 1 aromatic carbocycles. The van der Waals surface area contributed by atoms with Gasteiger partial charge in [-0.3, -0.25) is 4.79 Å². The van der Waals surface area contributed by atoms with E-state index in [1.54, 1.807) is 0 Å². The Balaban J connectivity index is 2.32. The van der Waals surface area contributed by atoms with Gasteiger partial charge in [0.2, 0.25) is 0 Å². The zero-order valence-electron chi connectivity index (χ0n) is 11.5. The molecule has 1 heterocycles. The molecule has 2 atom stereocenters. The molecule has 0 aliphatic heterocycles. The Morgan fingerprint density at radius 2 is 2.00 bits per heavy atom. The molecule has 2 N–H and O–H groups in total. The van der Waals surface area contributed by atoms with Gasteiger partial charge in [-0.2, -0.15) is 5.21 Å². The molecule has 0 radical (unpaired) electrons. The first kappa shape index (κ1) is 14.2. The summed E-state index contributed by atoms with van der Waals surface area (Å²) in [5.41, 5.74) is 1.06. The monoisotopic (exact) mass is 274 g/mol. The maximum absolute atomic E-state index is 11.6. The number of rotatable bonds is 6. The average Bonchev–Trinajstić information content (AvgIpc) is 2.92. The molecule has 0 amide bonds. The number of tetrazole rings is 1. The molecule has 0 saturated heterocycles. The van der Waals surface area contributed by atoms with Crippen LogP contribution >= 0.6 is 0 Å². The molecule has 2 aromatic rings. The van der Waals surface area contributed by atoms with E-state index in [1.165, 1.54) is 0 Å². The molecule has 1 aromatic heterocycles. The highest BCUT2D eigenvalue weighted by Crippen LogP contribution is 2.31. The third-order valence-electron chi connectivity index (χ3n) is 3.43. The van der Waals surface area contributed by atoms with Gasteiger partial charge in [0.15, 0.2) is 5.82 Å². The van der Waals surface area contributed by atoms with Crippen LogP contribution in [0.5, 0.6) is 0 Å². The third-order valence-corrected chi connectivity index (χ3v) is 3.43. The van der Waals surface area contributed by atoms with Crippen LogP contribution in [0.1, 0.15) is 31.2 Å². The summed E-state index contributed by atoms with van der Waals surface area (Å²) >= 11 is 0. The van der Waals surface area contributed by atoms with Gasteiger partial charge in [-0.1, -0.05) is 49.4 Å². The first-order valence-corrected chi connectivity index (χ1v) is 6.59. The molecule has 20 heavy (non-hydrogen) atoms. The number of aliphatic carboxylic acids is 1. The lowest BCUT2D eigenvalue weighted by Crippen LogP contribution is -2.29. The second-order valence-corrected chi connectivity index (χ2v) is 5.17. The highest BCUT2D eigenvalue weighted by molar-refractivity contribution is 5.71. The fourth-order valence-electron chi connectivity index (χ4n) is 2.50. The summed E-state index contributed by atoms with van der Waals surface area (Å²) in [7, 11) is 0. The van der Waals surface area contributed by atoms with E-state index in [-0.39, 0.29) is 11.8 Å². The minimum absolute atomic E-state index is 0.0142. The normalized spacial score (nSPS) is 14.2. The highest BCUT2D eigenvalue weighted by atomic mass is 16.4. The van der Waals surface area contributed by atoms with E-state index in [0.717, 1.165) is 5.56 Å². The molecule has 106 valence electrons. The van der Waals surface area contributed by atoms with Crippen molar-refractivity contribution in [3.8, 4) is 0 Å². The van der Waals surface area contributed by atoms with Crippen LogP contribution < -0.4 is 0 Å². The van der Waals surface area contributed by atoms with Gasteiger partial charge in [0.25, 0.3) is 0 Å². The number of carboxylic acid groups (broad SMARTS) is 1. The average molecular weight is 274 g/mol. The van der Waals surface area contributed by atoms with Crippen molar-refractivity contribution in [3.63, 3.8) is 0 Å². The second-order valence-electron chi connectivity index (χ2n) is 5.17. The summed E-state index contributed by atoms with van der Waals surface area (Å²) in [5.74, 6) is -1.23. The van der Waals surface area contributed by atoms with Gasteiger partial charge in [0.1, 0.15) is 0 Å². The zero-order chi connectivity index (χ0) is 14.5. The summed E-state index contributed by atoms with van der Waals surface area (Å²) in [6, 6.07) is 9.77. The first-order chi connectivity index (χ1) is 9.59. The maximum Gasteiger partial charge on any atom is 0.307 e. The lowest BCUT2D eigenvalue weighted by molar-refractivity contribution is -0.144. The largest absolute Gasteiger partial charge is 0.481 e. The number of carbonyl (C=O) groups is 1. The van der Waals surface area contributed by atoms with E-state index in [2.05, 4.69) is 20.6 Å². The Morgan fingerprint density at radius 3 is 2.50 bits per heavy atom. The predicted octanol–water partition coefficient (Wildman–Crippen LogP) is 1.88. The lowest BCUT2D eigenvalue weighted by Gasteiger charge is -2.24. The van der Waals surface area contributed by atoms with E-state index in [1.807, 2.05) is 44.2 Å². The first-order valence-electron chi connectivity index (χ1n) is 6.59. The van der Waals surface area contributed by atoms with Crippen molar-refractivity contribution in [2.24, 2.45) is 11.8 Å². The van der Waals surface area contributed by atoms with Crippen molar-refractivity contribution in [3.05, 3.63) is 41.7 Å². The molecule has 0 aliphatic rings. The molecular formula is C14H18N4O2. The summed E-state index contributed by atoms with van der Waals surface area (Å²) in [6.45, 7) is 3.80. The fourth-order valence-corrected chi connectivity index (χ4v) is 2.50. The Morgan fingerprint density at radius 1 is 1.30 bits per heavy atom. The van der Waals surface area contributed by atoms with Crippen LogP contribution in [0.4, 0.5) is 0 Å². The Kier molecular flexibility index (Phi) is 4.45. The number of aromatic nitrogens is 4. The van der Waals surface area contributed by atoms with Crippen LogP contribution in [0.2, 0.25) is 0 Å². The fraction of sp³-hybridized carbons (Fsp3) is 0.429. The van der Waals surface area contributed by atoms with E-state index in [0.29, 0.717) is 12.2 Å². The molecule has 1 unspecified atom stereocenters. The van der Waals surface area contributed by atoms with Crippen molar-refractivity contribution in [1.82, 2.24) is 20.6 Å². The molecule has 2 rings (SSSR count). The molecule has 0 bridgehead atoms. The predicted molar refractivity (Wildman–Crippen MR) is 73.0 cm³/mol. The minimum atomic E-state index is -0.828. The van der Waals surface area contributed by atoms with Crippen molar-refractivity contribution >= 4 is 5.97 Å². The van der Waals surface area contributed by atoms with Gasteiger partial charge in [0.05, 0.1) is 5.92 Å². The van der Waals surface area contributed by atoms with Crippen molar-refractivity contribution in [2.45, 2.75) is 26.2 Å². The van der Waals surface area contributed by atoms with Gasteiger partial charge in [-0.15, -0.1) is 10.2 Å². The van der Waals surface area contributed by atoms with Crippen molar-refractivity contribution in [2.75, 3.05) is 0 Å². The summed E-state index contributed by atoms with van der Waals surface area (Å²) in [6.07, 6.45) is 0.579. The topological polar surface area (TPSA) is 91.8 Å². The number of nitrogens with one attached hydrogen (secondary N) is 1. The molecular weight excluding hydrogens is 256 g/mol. The van der Waals surface area contributed by atoms with Gasteiger partial charge in [-0.05, 0) is 17.9 Å². The molecule has 6 nitrogen and oxygen atoms in total. The third kappa shape index (κ3) is 3.20. The van der Waals surface area contributed by atoms with E-state index >= 15 is 0 Å². The van der Waals surface area contributed by atoms with Crippen LogP contribution in [0, 0.1) is 11.8 Å². The Hall–Kier alpha value is -2.24. The Labute approximate surface area is 117 Å². The van der Waals surface area contributed by atoms with Gasteiger partial charge in [-0.25, -0.2) is 0 Å². The van der Waals surface area contributed by atoms with Crippen LogP contribution in [0.3, 0.4) is 0 Å². The minimum Gasteiger partial charge on any atom is -0.481 e. The number of benzene rings is 1. The van der Waals surface area contributed by atoms with E-state index in [9.17, 15) is 9.90 Å². The number of H-pyrrole nitrogens is 1. The molecule has 6 heteroatoms. The van der Waals surface area contributed by atoms with Crippen LogP contribution in [0.25, 0.3) is 0 Å². The van der Waals surface area contributed by atoms with Gasteiger partial charge in [0, 0.05) is 5.92 Å². The number of hydrogen-bond donors (Lipinski definition) is 2. The van der Waals surface area contributed by atoms with Crippen molar-refractivity contribution < 1.29 is 9.90 Å². The second kappa shape index (κ2) is 6.27. The molecule has 0 aliphatic carbocycles. The number of carboxylic acids is 1. The summed E-state index contributed by atoms with van der Waals surface area (Å²) in [4.78, 5) is 11.6. The van der Waals surface area contributed by atoms with E-state index in [4.69, 9.17) is 0 Å². The molecule has 0 fully saturated rings. The smallest absolute Gasteiger partial charge is 0.307 e. The lowest BCUT2D eigenvalue weighted by atomic mass is 9.79. The zero-order valence-corrected chi connectivity index (χ0v) is 11.5. The van der Waals surface area contributed by atoms with Crippen LogP contribution in [-0.2, 0) is 11.2 Å². The van der Waals surface area contributed by atoms with Crippen molar-refractivity contribution in [1.29, 1.82) is 0 Å². The molecule has 0 spiro atoms. The number of hydrogen-bond acceptors (Lipinski definition) is 4. The SMILES string of the molecule is CC(C)C(C(=O)O)[C@H](Cc1ccccc1)c1nn[nH]n1. The molecule has 0 saturated carbocycles. The quantitative estimate of drug-likeness (QED) is 0.839. The van der Waals surface area contributed by atoms with Gasteiger partial charge < -0.3 is 5.11 Å². The summed E-state index contributed by atoms with van der Waals surface area (Å²) < 4.78 is 0. The Bertz CT molecular complexity index is 540. The standard InChI is InChI=1S/C14H18N4O2/c1-9(2)12(14(19)20)11(13-15-17-18-16-13)8-10-6-4-3-5-7-10/h3-7,9,11-12H,8H2,1-2H3,(H,19,20)(H,15,16,17,18)/t11-,12?/m0/s1. The maximum atomic E-state index is 11.6. The van der Waals surface area contributed by atoms with Crippen LogP contribution in [-0.4, -0.2) is 31.7 Å². The van der Waals surface area contributed by atoms with Gasteiger partial charge >= 0.3 is 5.97 Å². The summed E-state index contributed by atoms with van der Waals surface area (Å²) in [5, 5.41) is 23.4. The van der Waals surface area contributed by atoms with Crippen LogP contribution in [0.15, 0.2) is 30.3 Å². The highest BCUT2D eigenvalue weighted by Gasteiger charge is 2.34. The number of aromatic amines is 1. The number of nitrogens with zero attached hydrogens (tertiary/aromatic N) is 3. The van der Waals surface area contributed by atoms with E-state index < -0.39 is 11.9 Å².